The third-order valence-corrected chi connectivity index (χ3v) is 10.1. The molecule has 2 saturated heterocycles. The van der Waals surface area contributed by atoms with Crippen molar-refractivity contribution >= 4 is 33.9 Å². The van der Waals surface area contributed by atoms with Gasteiger partial charge < -0.3 is 47.4 Å². The van der Waals surface area contributed by atoms with Gasteiger partial charge in [-0.2, -0.15) is 0 Å². The lowest BCUT2D eigenvalue weighted by atomic mass is 9.98. The number of nitrogens with zero attached hydrogens (tertiary/aromatic N) is 1. The zero-order chi connectivity index (χ0) is 39.5. The molecule has 2 amide bonds. The molecule has 1 N–H and O–H groups in total. The molecule has 2 aromatic carbocycles. The largest absolute Gasteiger partial charge is 0.461 e. The van der Waals surface area contributed by atoms with Gasteiger partial charge in [-0.3, -0.25) is 9.59 Å². The number of aliphatic hydroxyl groups excluding tert-OH is 1. The van der Waals surface area contributed by atoms with Gasteiger partial charge in [-0.05, 0) is 45.5 Å². The molecule has 15 heteroatoms. The van der Waals surface area contributed by atoms with Crippen molar-refractivity contribution in [2.45, 2.75) is 95.8 Å². The molecule has 14 nitrogen and oxygen atoms in total. The Morgan fingerprint density at radius 2 is 1.58 bits per heavy atom. The molecule has 8 atom stereocenters. The molecule has 3 aromatic rings. The second-order valence-electron chi connectivity index (χ2n) is 13.6. The maximum absolute atomic E-state index is 13.7. The summed E-state index contributed by atoms with van der Waals surface area (Å²) < 4.78 is 54.2. The van der Waals surface area contributed by atoms with Crippen LogP contribution in [0.25, 0.3) is 0 Å². The summed E-state index contributed by atoms with van der Waals surface area (Å²) >= 11 is 3.54. The van der Waals surface area contributed by atoms with Gasteiger partial charge in [0.1, 0.15) is 42.5 Å². The molecular weight excluding hydrogens is 782 g/mol. The number of methoxy groups -OCH3 is 2. The predicted molar refractivity (Wildman–Crippen MR) is 199 cm³/mol. The van der Waals surface area contributed by atoms with E-state index < -0.39 is 66.9 Å². The molecular formula is C40H50BrNO13. The van der Waals surface area contributed by atoms with Crippen LogP contribution in [0.1, 0.15) is 55.9 Å². The quantitative estimate of drug-likeness (QED) is 0.119. The van der Waals surface area contributed by atoms with Crippen molar-refractivity contribution in [2.75, 3.05) is 34.0 Å². The van der Waals surface area contributed by atoms with E-state index in [2.05, 4.69) is 15.9 Å². The zero-order valence-corrected chi connectivity index (χ0v) is 33.3. The molecule has 0 aliphatic carbocycles. The molecule has 2 fully saturated rings. The number of amides is 2. The lowest BCUT2D eigenvalue weighted by Crippen LogP contribution is -2.61. The average Bonchev–Trinajstić information content (AvgIpc) is 3.76. The predicted octanol–water partition coefficient (Wildman–Crippen LogP) is 5.52. The summed E-state index contributed by atoms with van der Waals surface area (Å²) in [7, 11) is 2.80. The van der Waals surface area contributed by atoms with Gasteiger partial charge in [-0.15, -0.1) is 0 Å². The van der Waals surface area contributed by atoms with Crippen LogP contribution in [-0.4, -0.2) is 105 Å². The first-order valence-electron chi connectivity index (χ1n) is 18.3. The van der Waals surface area contributed by atoms with Gasteiger partial charge in [0.2, 0.25) is 0 Å². The monoisotopic (exact) mass is 831 g/mol. The van der Waals surface area contributed by atoms with Crippen molar-refractivity contribution in [2.24, 2.45) is 5.92 Å². The summed E-state index contributed by atoms with van der Waals surface area (Å²) in [5.74, 6) is -0.815. The van der Waals surface area contributed by atoms with Crippen molar-refractivity contribution in [1.82, 2.24) is 4.90 Å². The van der Waals surface area contributed by atoms with Gasteiger partial charge >= 0.3 is 12.1 Å². The van der Waals surface area contributed by atoms with Gasteiger partial charge in [0, 0.05) is 34.2 Å². The van der Waals surface area contributed by atoms with Crippen LogP contribution in [0.2, 0.25) is 0 Å². The summed E-state index contributed by atoms with van der Waals surface area (Å²) in [6, 6.07) is 20.5. The van der Waals surface area contributed by atoms with E-state index in [0.717, 1.165) is 16.0 Å². The van der Waals surface area contributed by atoms with Gasteiger partial charge in [0.25, 0.3) is 5.91 Å². The smallest absolute Gasteiger partial charge is 0.417 e. The Bertz CT molecular complexity index is 1670. The molecule has 0 bridgehead atoms. The molecule has 3 heterocycles. The van der Waals surface area contributed by atoms with E-state index in [4.69, 9.17) is 42.3 Å². The number of ether oxygens (including phenoxy) is 8. The van der Waals surface area contributed by atoms with Crippen LogP contribution in [0.4, 0.5) is 4.79 Å². The fourth-order valence-electron chi connectivity index (χ4n) is 6.62. The van der Waals surface area contributed by atoms with E-state index in [1.165, 1.54) is 21.1 Å². The number of hydrogen-bond donors (Lipinski definition) is 1. The Kier molecular flexibility index (Phi) is 15.8. The highest BCUT2D eigenvalue weighted by atomic mass is 79.9. The van der Waals surface area contributed by atoms with E-state index in [-0.39, 0.29) is 44.7 Å². The fraction of sp³-hybridized carbons (Fsp3) is 0.525. The normalized spacial score (nSPS) is 23.8. The van der Waals surface area contributed by atoms with Crippen molar-refractivity contribution in [3.63, 3.8) is 0 Å². The standard InChI is InChI=1S/C40H50BrNO13/c1-24(2)29-23-52-40(46)42(29)38(45)36(47-4)34(53-25(3)44)31-19-28(41)30(54-31)17-12-18-49-37-35(51-22-27-15-10-7-11-16-27)33(32(20-43)55-39(37)48-5)50-21-26-13-8-6-9-14-26/h6-11,13-16,19,24,29,32-37,39,43H,12,17-18,20-23H2,1-5H3/t29-,32+,33+,34-,35-,36+,37-,39-/m0/s1. The van der Waals surface area contributed by atoms with Gasteiger partial charge in [-0.25, -0.2) is 9.69 Å². The third kappa shape index (κ3) is 10.8. The first kappa shape index (κ1) is 42.5. The topological polar surface area (TPSA) is 162 Å². The lowest BCUT2D eigenvalue weighted by molar-refractivity contribution is -0.319. The minimum atomic E-state index is -1.39. The van der Waals surface area contributed by atoms with E-state index in [1.54, 1.807) is 6.07 Å². The minimum Gasteiger partial charge on any atom is -0.461 e. The number of furan rings is 1. The molecule has 2 aliphatic rings. The van der Waals surface area contributed by atoms with Gasteiger partial charge in [0.15, 0.2) is 18.5 Å². The lowest BCUT2D eigenvalue weighted by Gasteiger charge is -2.45. The number of cyclic esters (lactones) is 1. The van der Waals surface area contributed by atoms with E-state index in [9.17, 15) is 19.5 Å². The number of halogens is 1. The number of esters is 1. The number of carbonyl (C=O) groups excluding carboxylic acids is 3. The fourth-order valence-corrected chi connectivity index (χ4v) is 7.13. The molecule has 300 valence electrons. The summed E-state index contributed by atoms with van der Waals surface area (Å²) in [5, 5.41) is 10.3. The highest BCUT2D eigenvalue weighted by molar-refractivity contribution is 9.10. The molecule has 0 saturated carbocycles. The number of carbonyl (C=O) groups is 3. The van der Waals surface area contributed by atoms with Crippen LogP contribution in [0.15, 0.2) is 75.6 Å². The van der Waals surface area contributed by atoms with E-state index in [1.807, 2.05) is 74.5 Å². The molecule has 2 aliphatic heterocycles. The maximum Gasteiger partial charge on any atom is 0.417 e. The molecule has 0 unspecified atom stereocenters. The van der Waals surface area contributed by atoms with Crippen LogP contribution in [0.5, 0.6) is 0 Å². The number of benzene rings is 2. The first-order valence-corrected chi connectivity index (χ1v) is 19.0. The Labute approximate surface area is 329 Å². The van der Waals surface area contributed by atoms with Gasteiger partial charge in [0.05, 0.1) is 30.3 Å². The highest BCUT2D eigenvalue weighted by Crippen LogP contribution is 2.35. The van der Waals surface area contributed by atoms with Crippen molar-refractivity contribution in [3.05, 3.63) is 93.9 Å². The van der Waals surface area contributed by atoms with E-state index in [0.29, 0.717) is 23.1 Å². The highest BCUT2D eigenvalue weighted by Gasteiger charge is 2.49. The summed E-state index contributed by atoms with van der Waals surface area (Å²) in [6.07, 6.45) is -6.37. The minimum absolute atomic E-state index is 0.0524. The average molecular weight is 833 g/mol. The SMILES string of the molecule is CO[C@H]1O[C@H](CO)[C@@H](OCc2ccccc2)[C@H](OCc2ccccc2)[C@@H]1OCCCc1oc([C@H](OC(C)=O)[C@@H](OC)C(=O)N2C(=O)OC[C@H]2C(C)C)cc1Br. The van der Waals surface area contributed by atoms with Crippen molar-refractivity contribution in [1.29, 1.82) is 0 Å². The Hall–Kier alpha value is -3.67. The summed E-state index contributed by atoms with van der Waals surface area (Å²) in [6.45, 7) is 5.43. The van der Waals surface area contributed by atoms with E-state index >= 15 is 0 Å². The van der Waals surface area contributed by atoms with Crippen LogP contribution in [0.3, 0.4) is 0 Å². The third-order valence-electron chi connectivity index (χ3n) is 9.47. The number of hydrogen-bond acceptors (Lipinski definition) is 13. The van der Waals surface area contributed by atoms with Crippen LogP contribution < -0.4 is 0 Å². The summed E-state index contributed by atoms with van der Waals surface area (Å²) in [5.41, 5.74) is 1.90. The number of imide groups is 1. The number of aryl methyl sites for hydroxylation is 1. The molecule has 0 radical (unpaired) electrons. The number of rotatable bonds is 19. The molecule has 5 rings (SSSR count). The Morgan fingerprint density at radius 3 is 2.15 bits per heavy atom. The zero-order valence-electron chi connectivity index (χ0n) is 31.7. The van der Waals surface area contributed by atoms with Crippen LogP contribution in [0, 0.1) is 5.92 Å². The second kappa shape index (κ2) is 20.5. The van der Waals surface area contributed by atoms with Crippen LogP contribution >= 0.6 is 15.9 Å². The number of aliphatic hydroxyl groups is 1. The summed E-state index contributed by atoms with van der Waals surface area (Å²) in [4.78, 5) is 39.6. The maximum atomic E-state index is 13.7. The Morgan fingerprint density at radius 1 is 0.945 bits per heavy atom. The van der Waals surface area contributed by atoms with Crippen LogP contribution in [-0.2, 0) is 67.1 Å². The first-order chi connectivity index (χ1) is 26.6. The Balaban J connectivity index is 1.30. The van der Waals surface area contributed by atoms with Gasteiger partial charge in [-0.1, -0.05) is 74.5 Å². The van der Waals surface area contributed by atoms with Crippen molar-refractivity contribution < 1.29 is 61.8 Å². The van der Waals surface area contributed by atoms with Crippen molar-refractivity contribution in [3.8, 4) is 0 Å². The molecule has 0 spiro atoms. The second-order valence-corrected chi connectivity index (χ2v) is 14.5. The molecule has 1 aromatic heterocycles. The molecule has 55 heavy (non-hydrogen) atoms.